The number of hydrogen-bond acceptors (Lipinski definition) is 5. The van der Waals surface area contributed by atoms with Gasteiger partial charge in [-0.1, -0.05) is 30.3 Å². The van der Waals surface area contributed by atoms with Crippen LogP contribution in [-0.2, 0) is 13.0 Å². The highest BCUT2D eigenvalue weighted by Crippen LogP contribution is 2.20. The normalized spacial score (nSPS) is 18.3. The standard InChI is InChI=1S/C25H34N4O2/c1-18-6-7-22(28-21-8-11-26-12-9-21)14-24(18)25(31)27-15-23(30)17-29-13-10-19-4-2-3-5-20(19)16-29/h2-7,14,21,23,26,28,30H,8-13,15-17H2,1H3,(H,27,31). The third kappa shape index (κ3) is 5.85. The molecule has 0 aliphatic carbocycles. The Morgan fingerprint density at radius 1 is 1.19 bits per heavy atom. The van der Waals surface area contributed by atoms with E-state index in [1.165, 1.54) is 11.1 Å². The van der Waals surface area contributed by atoms with Gasteiger partial charge >= 0.3 is 0 Å². The van der Waals surface area contributed by atoms with Gasteiger partial charge in [-0.3, -0.25) is 9.69 Å². The van der Waals surface area contributed by atoms with Crippen LogP contribution in [-0.4, -0.2) is 60.8 Å². The molecule has 0 bridgehead atoms. The molecular formula is C25H34N4O2. The van der Waals surface area contributed by atoms with Gasteiger partial charge in [-0.25, -0.2) is 0 Å². The SMILES string of the molecule is Cc1ccc(NC2CCNCC2)cc1C(=O)NCC(O)CN1CCc2ccccc2C1. The number of carbonyl (C=O) groups is 1. The lowest BCUT2D eigenvalue weighted by atomic mass is 10.00. The minimum Gasteiger partial charge on any atom is -0.390 e. The number of carbonyl (C=O) groups excluding carboxylic acids is 1. The predicted molar refractivity (Wildman–Crippen MR) is 124 cm³/mol. The van der Waals surface area contributed by atoms with Crippen LogP contribution in [0, 0.1) is 6.92 Å². The van der Waals surface area contributed by atoms with Crippen molar-refractivity contribution in [3.8, 4) is 0 Å². The number of rotatable bonds is 7. The first kappa shape index (κ1) is 21.8. The van der Waals surface area contributed by atoms with Crippen LogP contribution in [0.2, 0.25) is 0 Å². The molecule has 1 saturated heterocycles. The van der Waals surface area contributed by atoms with Crippen molar-refractivity contribution in [2.45, 2.75) is 44.9 Å². The summed E-state index contributed by atoms with van der Waals surface area (Å²) in [4.78, 5) is 15.1. The van der Waals surface area contributed by atoms with E-state index in [0.29, 0.717) is 18.2 Å². The summed E-state index contributed by atoms with van der Waals surface area (Å²) in [6, 6.07) is 14.9. The molecule has 2 aromatic rings. The Morgan fingerprint density at radius 2 is 1.97 bits per heavy atom. The number of aryl methyl sites for hydroxylation is 1. The van der Waals surface area contributed by atoms with E-state index >= 15 is 0 Å². The number of β-amino-alcohol motifs (C(OH)–C–C–N with tert-alkyl or cyclic N) is 1. The molecule has 2 aromatic carbocycles. The predicted octanol–water partition coefficient (Wildman–Crippen LogP) is 2.31. The van der Waals surface area contributed by atoms with Crippen LogP contribution >= 0.6 is 0 Å². The molecule has 0 spiro atoms. The summed E-state index contributed by atoms with van der Waals surface area (Å²) < 4.78 is 0. The second kappa shape index (κ2) is 10.3. The van der Waals surface area contributed by atoms with E-state index in [2.05, 4.69) is 45.1 Å². The summed E-state index contributed by atoms with van der Waals surface area (Å²) in [6.45, 7) is 6.60. The molecule has 0 radical (unpaired) electrons. The molecule has 1 fully saturated rings. The van der Waals surface area contributed by atoms with Crippen molar-refractivity contribution in [3.05, 3.63) is 64.7 Å². The molecule has 2 heterocycles. The van der Waals surface area contributed by atoms with Crippen LogP contribution in [0.1, 0.15) is 39.9 Å². The highest BCUT2D eigenvalue weighted by molar-refractivity contribution is 5.96. The largest absolute Gasteiger partial charge is 0.390 e. The van der Waals surface area contributed by atoms with Crippen molar-refractivity contribution < 1.29 is 9.90 Å². The van der Waals surface area contributed by atoms with Crippen LogP contribution in [0.25, 0.3) is 0 Å². The Morgan fingerprint density at radius 3 is 2.77 bits per heavy atom. The Bertz CT molecular complexity index is 895. The molecule has 1 unspecified atom stereocenters. The second-order valence-corrected chi connectivity index (χ2v) is 8.82. The summed E-state index contributed by atoms with van der Waals surface area (Å²) in [6.07, 6.45) is 2.58. The van der Waals surface area contributed by atoms with Crippen LogP contribution in [0.3, 0.4) is 0 Å². The zero-order valence-corrected chi connectivity index (χ0v) is 18.4. The Kier molecular flexibility index (Phi) is 7.22. The lowest BCUT2D eigenvalue weighted by Crippen LogP contribution is -2.42. The first-order valence-electron chi connectivity index (χ1n) is 11.4. The third-order valence-corrected chi connectivity index (χ3v) is 6.37. The summed E-state index contributed by atoms with van der Waals surface area (Å²) >= 11 is 0. The number of piperidine rings is 1. The van der Waals surface area contributed by atoms with Crippen molar-refractivity contribution in [1.82, 2.24) is 15.5 Å². The smallest absolute Gasteiger partial charge is 0.251 e. The highest BCUT2D eigenvalue weighted by Gasteiger charge is 2.20. The van der Waals surface area contributed by atoms with Gasteiger partial charge in [0.2, 0.25) is 0 Å². The third-order valence-electron chi connectivity index (χ3n) is 6.37. The van der Waals surface area contributed by atoms with Crippen molar-refractivity contribution in [2.24, 2.45) is 0 Å². The lowest BCUT2D eigenvalue weighted by molar-refractivity contribution is 0.0841. The van der Waals surface area contributed by atoms with Crippen LogP contribution in [0.15, 0.2) is 42.5 Å². The van der Waals surface area contributed by atoms with E-state index in [9.17, 15) is 9.90 Å². The minimum absolute atomic E-state index is 0.130. The highest BCUT2D eigenvalue weighted by atomic mass is 16.3. The zero-order valence-electron chi connectivity index (χ0n) is 18.4. The number of nitrogens with one attached hydrogen (secondary N) is 3. The molecule has 1 atom stereocenters. The number of fused-ring (bicyclic) bond motifs is 1. The maximum absolute atomic E-state index is 12.8. The summed E-state index contributed by atoms with van der Waals surface area (Å²) in [5.74, 6) is -0.130. The average molecular weight is 423 g/mol. The summed E-state index contributed by atoms with van der Waals surface area (Å²) in [5.41, 5.74) is 5.32. The Labute approximate surface area is 185 Å². The number of nitrogens with zero attached hydrogens (tertiary/aromatic N) is 1. The molecule has 4 N–H and O–H groups in total. The van der Waals surface area contributed by atoms with Crippen molar-refractivity contribution in [2.75, 3.05) is 38.0 Å². The fourth-order valence-electron chi connectivity index (χ4n) is 4.54. The van der Waals surface area contributed by atoms with Gasteiger partial charge in [0, 0.05) is 43.5 Å². The van der Waals surface area contributed by atoms with Crippen molar-refractivity contribution in [3.63, 3.8) is 0 Å². The van der Waals surface area contributed by atoms with Crippen molar-refractivity contribution in [1.29, 1.82) is 0 Å². The molecule has 1 amide bonds. The molecular weight excluding hydrogens is 388 g/mol. The van der Waals surface area contributed by atoms with E-state index in [1.54, 1.807) is 0 Å². The Balaban J connectivity index is 1.28. The molecule has 166 valence electrons. The van der Waals surface area contributed by atoms with Gasteiger partial charge in [-0.2, -0.15) is 0 Å². The first-order valence-corrected chi connectivity index (χ1v) is 11.4. The maximum Gasteiger partial charge on any atom is 0.251 e. The van der Waals surface area contributed by atoms with Gasteiger partial charge in [-0.15, -0.1) is 0 Å². The molecule has 31 heavy (non-hydrogen) atoms. The second-order valence-electron chi connectivity index (χ2n) is 8.82. The number of aliphatic hydroxyl groups is 1. The van der Waals surface area contributed by atoms with Gasteiger partial charge in [0.05, 0.1) is 6.10 Å². The van der Waals surface area contributed by atoms with Gasteiger partial charge in [-0.05, 0) is 68.1 Å². The number of aliphatic hydroxyl groups excluding tert-OH is 1. The van der Waals surface area contributed by atoms with E-state index in [-0.39, 0.29) is 12.5 Å². The number of anilines is 1. The van der Waals surface area contributed by atoms with Crippen LogP contribution in [0.4, 0.5) is 5.69 Å². The Hall–Kier alpha value is -2.41. The summed E-state index contributed by atoms with van der Waals surface area (Å²) in [7, 11) is 0. The average Bonchev–Trinajstić information content (AvgIpc) is 2.79. The fourth-order valence-corrected chi connectivity index (χ4v) is 4.54. The zero-order chi connectivity index (χ0) is 21.6. The molecule has 2 aliphatic rings. The van der Waals surface area contributed by atoms with E-state index in [0.717, 1.165) is 56.7 Å². The minimum atomic E-state index is -0.592. The molecule has 0 aromatic heterocycles. The molecule has 0 saturated carbocycles. The first-order chi connectivity index (χ1) is 15.1. The lowest BCUT2D eigenvalue weighted by Gasteiger charge is -2.30. The quantitative estimate of drug-likeness (QED) is 0.551. The maximum atomic E-state index is 12.8. The van der Waals surface area contributed by atoms with Gasteiger partial charge in [0.1, 0.15) is 0 Å². The summed E-state index contributed by atoms with van der Waals surface area (Å²) in [5, 5.41) is 20.4. The topological polar surface area (TPSA) is 76.6 Å². The number of benzene rings is 2. The van der Waals surface area contributed by atoms with E-state index < -0.39 is 6.10 Å². The van der Waals surface area contributed by atoms with Gasteiger partial charge in [0.15, 0.2) is 0 Å². The van der Waals surface area contributed by atoms with E-state index in [4.69, 9.17) is 0 Å². The van der Waals surface area contributed by atoms with Gasteiger partial charge in [0.25, 0.3) is 5.91 Å². The van der Waals surface area contributed by atoms with Crippen LogP contribution in [0.5, 0.6) is 0 Å². The van der Waals surface area contributed by atoms with E-state index in [1.807, 2.05) is 25.1 Å². The van der Waals surface area contributed by atoms with Gasteiger partial charge < -0.3 is 21.1 Å². The molecule has 6 heteroatoms. The molecule has 2 aliphatic heterocycles. The monoisotopic (exact) mass is 422 g/mol. The molecule has 4 rings (SSSR count). The van der Waals surface area contributed by atoms with Crippen LogP contribution < -0.4 is 16.0 Å². The fraction of sp³-hybridized carbons (Fsp3) is 0.480. The van der Waals surface area contributed by atoms with Crippen molar-refractivity contribution >= 4 is 11.6 Å². The number of hydrogen-bond donors (Lipinski definition) is 4. The molecule has 6 nitrogen and oxygen atoms in total. The number of amides is 1.